The highest BCUT2D eigenvalue weighted by molar-refractivity contribution is 8.00. The number of nitrogens with one attached hydrogen (secondary N) is 2. The number of carbonyl (C=O) groups excluding carboxylic acids is 2. The first kappa shape index (κ1) is 41.4. The Bertz CT molecular complexity index is 2670. The lowest BCUT2D eigenvalue weighted by atomic mass is 9.97. The molecule has 1 amide bonds. The quantitative estimate of drug-likeness (QED) is 0.102. The van der Waals surface area contributed by atoms with Gasteiger partial charge in [-0.15, -0.1) is 0 Å². The van der Waals surface area contributed by atoms with Crippen LogP contribution in [0.2, 0.25) is 0 Å². The summed E-state index contributed by atoms with van der Waals surface area (Å²) in [6.45, 7) is 1.42. The van der Waals surface area contributed by atoms with Gasteiger partial charge in [-0.3, -0.25) is 19.1 Å². The monoisotopic (exact) mass is 848 g/mol. The van der Waals surface area contributed by atoms with Crippen LogP contribution in [0.3, 0.4) is 0 Å². The number of fused-ring (bicyclic) bond motifs is 1. The molecule has 2 fully saturated rings. The Morgan fingerprint density at radius 2 is 1.64 bits per heavy atom. The molecule has 5 heterocycles. The highest BCUT2D eigenvalue weighted by Crippen LogP contribution is 2.29. The van der Waals surface area contributed by atoms with Crippen LogP contribution in [0.1, 0.15) is 72.6 Å². The molecular weight excluding hydrogens is 807 g/mol. The number of anilines is 1. The van der Waals surface area contributed by atoms with E-state index in [1.54, 1.807) is 18.5 Å². The number of esters is 1. The summed E-state index contributed by atoms with van der Waals surface area (Å²) >= 11 is 1.06. The van der Waals surface area contributed by atoms with Gasteiger partial charge in [-0.2, -0.15) is 0 Å². The summed E-state index contributed by atoms with van der Waals surface area (Å²) in [5.74, 6) is -2.51. The molecule has 8 rings (SSSR count). The molecule has 0 radical (unpaired) electrons. The molecule has 1 atom stereocenters. The van der Waals surface area contributed by atoms with E-state index in [9.17, 15) is 19.2 Å². The van der Waals surface area contributed by atoms with Gasteiger partial charge >= 0.3 is 11.7 Å². The molecule has 0 bridgehead atoms. The third kappa shape index (κ3) is 9.37. The van der Waals surface area contributed by atoms with Gasteiger partial charge in [-0.05, 0) is 91.9 Å². The minimum Gasteiger partial charge on any atom is -0.461 e. The van der Waals surface area contributed by atoms with Crippen molar-refractivity contribution in [3.8, 4) is 16.9 Å². The summed E-state index contributed by atoms with van der Waals surface area (Å²) < 4.78 is 47.3. The van der Waals surface area contributed by atoms with Crippen molar-refractivity contribution in [2.75, 3.05) is 17.9 Å². The molecule has 1 saturated heterocycles. The number of nitrogens with zero attached hydrogens (tertiary/aromatic N) is 6. The van der Waals surface area contributed by atoms with Crippen molar-refractivity contribution in [2.24, 2.45) is 7.05 Å². The predicted octanol–water partition coefficient (Wildman–Crippen LogP) is 6.44. The van der Waals surface area contributed by atoms with Gasteiger partial charge in [-0.25, -0.2) is 37.9 Å². The van der Waals surface area contributed by atoms with Crippen LogP contribution in [0.25, 0.3) is 27.8 Å². The Morgan fingerprint density at radius 1 is 0.885 bits per heavy atom. The number of hydrogen-bond donors (Lipinski definition) is 2. The summed E-state index contributed by atoms with van der Waals surface area (Å²) in [7, 11) is 1.52. The second-order valence-electron chi connectivity index (χ2n) is 15.1. The highest BCUT2D eigenvalue weighted by atomic mass is 32.2. The van der Waals surface area contributed by atoms with E-state index >= 15 is 8.78 Å². The topological polar surface area (TPSA) is 172 Å². The summed E-state index contributed by atoms with van der Waals surface area (Å²) in [6, 6.07) is 12.3. The van der Waals surface area contributed by atoms with Crippen molar-refractivity contribution in [3.63, 3.8) is 0 Å². The van der Waals surface area contributed by atoms with Gasteiger partial charge in [-0.1, -0.05) is 24.6 Å². The number of aromatic nitrogens is 6. The van der Waals surface area contributed by atoms with Crippen LogP contribution in [0.4, 0.5) is 14.5 Å². The van der Waals surface area contributed by atoms with Crippen LogP contribution in [-0.2, 0) is 27.7 Å². The van der Waals surface area contributed by atoms with Crippen molar-refractivity contribution < 1.29 is 27.8 Å². The molecule has 2 aliphatic rings. The van der Waals surface area contributed by atoms with Crippen molar-refractivity contribution in [2.45, 2.75) is 74.3 Å². The van der Waals surface area contributed by atoms with Crippen LogP contribution in [0.15, 0.2) is 100 Å². The molecule has 314 valence electrons. The molecule has 4 aromatic heterocycles. The molecule has 14 nitrogen and oxygen atoms in total. The Morgan fingerprint density at radius 3 is 2.36 bits per heavy atom. The molecule has 0 spiro atoms. The van der Waals surface area contributed by atoms with Gasteiger partial charge in [0.1, 0.15) is 35.4 Å². The average molecular weight is 849 g/mol. The molecular formula is C44H42F2N8O6S. The molecule has 2 N–H and O–H groups in total. The lowest BCUT2D eigenvalue weighted by molar-refractivity contribution is -0.152. The summed E-state index contributed by atoms with van der Waals surface area (Å²) in [5, 5.41) is 2.82. The number of carbonyl (C=O) groups is 2. The maximum absolute atomic E-state index is 15.6. The summed E-state index contributed by atoms with van der Waals surface area (Å²) in [4.78, 5) is 71.8. The average Bonchev–Trinajstić information content (AvgIpc) is 3.29. The molecule has 6 aromatic rings. The third-order valence-electron chi connectivity index (χ3n) is 11.0. The molecule has 1 saturated carbocycles. The van der Waals surface area contributed by atoms with E-state index in [1.807, 2.05) is 24.3 Å². The van der Waals surface area contributed by atoms with Gasteiger partial charge in [0, 0.05) is 73.9 Å². The smallest absolute Gasteiger partial charge is 0.337 e. The van der Waals surface area contributed by atoms with Gasteiger partial charge in [0.05, 0.1) is 28.4 Å². The van der Waals surface area contributed by atoms with Crippen LogP contribution in [-0.4, -0.2) is 66.3 Å². The van der Waals surface area contributed by atoms with E-state index in [1.165, 1.54) is 42.3 Å². The first-order chi connectivity index (χ1) is 29.6. The Hall–Kier alpha value is -6.33. The molecule has 2 aromatic carbocycles. The van der Waals surface area contributed by atoms with E-state index in [4.69, 9.17) is 9.47 Å². The molecule has 1 aliphatic heterocycles. The predicted molar refractivity (Wildman–Crippen MR) is 224 cm³/mol. The molecule has 1 aliphatic carbocycles. The number of halogens is 2. The molecule has 61 heavy (non-hydrogen) atoms. The van der Waals surface area contributed by atoms with Gasteiger partial charge in [0.25, 0.3) is 11.5 Å². The van der Waals surface area contributed by atoms with Gasteiger partial charge in [0.15, 0.2) is 0 Å². The van der Waals surface area contributed by atoms with Crippen LogP contribution in [0, 0.1) is 11.6 Å². The fraction of sp³-hybridized carbons (Fsp3) is 0.318. The lowest BCUT2D eigenvalue weighted by Gasteiger charge is -2.25. The molecule has 17 heteroatoms. The highest BCUT2D eigenvalue weighted by Gasteiger charge is 2.29. The maximum atomic E-state index is 15.6. The van der Waals surface area contributed by atoms with E-state index in [0.29, 0.717) is 37.1 Å². The number of aryl methyl sites for hydroxylation is 1. The third-order valence-corrected chi connectivity index (χ3v) is 11.8. The Balaban J connectivity index is 0.945. The first-order valence-corrected chi connectivity index (χ1v) is 20.9. The van der Waals surface area contributed by atoms with Crippen molar-refractivity contribution in [1.29, 1.82) is 0 Å². The fourth-order valence-electron chi connectivity index (χ4n) is 7.54. The number of hydrogen-bond acceptors (Lipinski definition) is 12. The summed E-state index contributed by atoms with van der Waals surface area (Å²) in [5.41, 5.74) is 0.555. The number of rotatable bonds is 12. The van der Waals surface area contributed by atoms with E-state index in [2.05, 4.69) is 30.0 Å². The zero-order valence-corrected chi connectivity index (χ0v) is 34.0. The van der Waals surface area contributed by atoms with Crippen molar-refractivity contribution in [3.05, 3.63) is 135 Å². The second-order valence-corrected chi connectivity index (χ2v) is 16.0. The van der Waals surface area contributed by atoms with Gasteiger partial charge in [0.2, 0.25) is 0 Å². The summed E-state index contributed by atoms with van der Waals surface area (Å²) in [6.07, 6.45) is 13.3. The number of pyridine rings is 2. The van der Waals surface area contributed by atoms with E-state index in [-0.39, 0.29) is 35.3 Å². The first-order valence-electron chi connectivity index (χ1n) is 20.1. The zero-order valence-electron chi connectivity index (χ0n) is 33.2. The zero-order chi connectivity index (χ0) is 42.5. The Labute approximate surface area is 352 Å². The second kappa shape index (κ2) is 18.5. The normalized spacial score (nSPS) is 15.3. The number of amides is 1. The van der Waals surface area contributed by atoms with Gasteiger partial charge < -0.3 is 19.5 Å². The minimum atomic E-state index is -1.30. The van der Waals surface area contributed by atoms with Crippen LogP contribution >= 0.6 is 11.9 Å². The van der Waals surface area contributed by atoms with Crippen LogP contribution in [0.5, 0.6) is 0 Å². The van der Waals surface area contributed by atoms with Crippen molar-refractivity contribution in [1.82, 2.24) is 34.4 Å². The maximum Gasteiger partial charge on any atom is 0.337 e. The Kier molecular flexibility index (Phi) is 12.6. The van der Waals surface area contributed by atoms with Crippen molar-refractivity contribution >= 4 is 40.4 Å². The van der Waals surface area contributed by atoms with E-state index in [0.717, 1.165) is 82.6 Å². The SMILES string of the molecule is Cn1c(=O)n(-c2ccc(C[C@H](NC(=O)c3cc(F)c(NSc4ccc(-c5cnc(C6CCOCC6)nc5)cc4)cc3F)C(=O)OC3CCCCC3)cn2)c(=O)c2ccncc21. The fourth-order valence-corrected chi connectivity index (χ4v) is 8.20. The lowest BCUT2D eigenvalue weighted by Crippen LogP contribution is -2.45. The standard InChI is InChI=1S/C44H42F2N8O6S/c1-53-38-25-47-16-13-32(38)42(56)54(44(53)58)39-12-7-26(22-48-39)19-37(43(57)60-30-5-3-2-4-6-30)51-41(55)33-20-35(46)36(21-34(33)45)52-61-31-10-8-27(9-11-31)29-23-49-40(50-24-29)28-14-17-59-18-15-28/h7-13,16,20-25,28,30,37,52H,2-6,14-15,17-19H2,1H3,(H,51,55)/t37-/m0/s1. The minimum absolute atomic E-state index is 0.0434. The largest absolute Gasteiger partial charge is 0.461 e. The number of ether oxygens (including phenoxy) is 2. The number of benzene rings is 2. The van der Waals surface area contributed by atoms with Crippen LogP contribution < -0.4 is 21.3 Å². The molecule has 0 unspecified atom stereocenters. The van der Waals surface area contributed by atoms with E-state index < -0.39 is 46.4 Å².